The number of aromatic nitrogens is 3. The molecular weight excluding hydrogens is 398 g/mol. The van der Waals surface area contributed by atoms with Crippen LogP contribution < -0.4 is 4.90 Å². The number of pyridine rings is 1. The Morgan fingerprint density at radius 2 is 1.90 bits per heavy atom. The number of Topliss-reactive ketones (excluding diaryl/α,β-unsaturated/α-hetero) is 1. The second-order valence-corrected chi connectivity index (χ2v) is 7.72. The van der Waals surface area contributed by atoms with Gasteiger partial charge >= 0.3 is 0 Å². The number of rotatable bonds is 5. The van der Waals surface area contributed by atoms with Crippen molar-refractivity contribution in [2.45, 2.75) is 26.7 Å². The maximum atomic E-state index is 14.2. The first-order valence-corrected chi connectivity index (χ1v) is 10.1. The molecule has 3 aromatic rings. The van der Waals surface area contributed by atoms with E-state index in [9.17, 15) is 13.6 Å². The zero-order chi connectivity index (χ0) is 22.0. The molecule has 4 rings (SSSR count). The quantitative estimate of drug-likeness (QED) is 0.566. The molecule has 0 saturated heterocycles. The summed E-state index contributed by atoms with van der Waals surface area (Å²) in [4.78, 5) is 27.4. The van der Waals surface area contributed by atoms with E-state index in [1.807, 2.05) is 11.8 Å². The maximum absolute atomic E-state index is 14.2. The molecule has 0 atom stereocenters. The zero-order valence-corrected chi connectivity index (χ0v) is 17.4. The van der Waals surface area contributed by atoms with Gasteiger partial charge in [-0.1, -0.05) is 11.6 Å². The summed E-state index contributed by atoms with van der Waals surface area (Å²) in [6, 6.07) is 7.51. The highest BCUT2D eigenvalue weighted by atomic mass is 19.1. The number of halogens is 2. The summed E-state index contributed by atoms with van der Waals surface area (Å²) in [5, 5.41) is 0. The van der Waals surface area contributed by atoms with Crippen LogP contribution in [0.3, 0.4) is 0 Å². The van der Waals surface area contributed by atoms with E-state index in [1.165, 1.54) is 18.2 Å². The summed E-state index contributed by atoms with van der Waals surface area (Å²) >= 11 is 0. The number of ketones is 1. The van der Waals surface area contributed by atoms with Gasteiger partial charge in [-0.2, -0.15) is 0 Å². The van der Waals surface area contributed by atoms with Crippen molar-refractivity contribution in [1.82, 2.24) is 15.0 Å². The number of hydrogen-bond donors (Lipinski definition) is 0. The lowest BCUT2D eigenvalue weighted by molar-refractivity contribution is 0.0988. The van der Waals surface area contributed by atoms with E-state index in [0.717, 1.165) is 23.1 Å². The number of carbonyl (C=O) groups is 1. The van der Waals surface area contributed by atoms with Crippen LogP contribution in [-0.2, 0) is 6.42 Å². The molecule has 2 aromatic heterocycles. The van der Waals surface area contributed by atoms with Crippen LogP contribution in [0.2, 0.25) is 0 Å². The third kappa shape index (κ3) is 4.50. The van der Waals surface area contributed by atoms with E-state index in [-0.39, 0.29) is 23.6 Å². The van der Waals surface area contributed by atoms with Crippen LogP contribution in [0.5, 0.6) is 0 Å². The van der Waals surface area contributed by atoms with Crippen LogP contribution in [0.15, 0.2) is 54.5 Å². The van der Waals surface area contributed by atoms with E-state index < -0.39 is 5.82 Å². The fourth-order valence-electron chi connectivity index (χ4n) is 3.66. The minimum absolute atomic E-state index is 0.0312. The highest BCUT2D eigenvalue weighted by molar-refractivity contribution is 5.97. The summed E-state index contributed by atoms with van der Waals surface area (Å²) in [7, 11) is 0. The second kappa shape index (κ2) is 8.71. The van der Waals surface area contributed by atoms with Crippen molar-refractivity contribution in [3.8, 4) is 0 Å². The summed E-state index contributed by atoms with van der Waals surface area (Å²) in [5.74, 6) is -0.906. The van der Waals surface area contributed by atoms with Crippen LogP contribution in [0.4, 0.5) is 14.6 Å². The van der Waals surface area contributed by atoms with Crippen molar-refractivity contribution >= 4 is 17.2 Å². The molecule has 7 heteroatoms. The molecule has 0 amide bonds. The Morgan fingerprint density at radius 3 is 2.61 bits per heavy atom. The maximum Gasteiger partial charge on any atom is 0.171 e. The molecule has 0 unspecified atom stereocenters. The first-order chi connectivity index (χ1) is 14.9. The number of nitrogens with zero attached hydrogens (tertiary/aromatic N) is 4. The van der Waals surface area contributed by atoms with Gasteiger partial charge in [0.25, 0.3) is 0 Å². The summed E-state index contributed by atoms with van der Waals surface area (Å²) in [5.41, 5.74) is 4.08. The smallest absolute Gasteiger partial charge is 0.171 e. The molecule has 0 saturated carbocycles. The predicted octanol–water partition coefficient (Wildman–Crippen LogP) is 4.57. The van der Waals surface area contributed by atoms with Gasteiger partial charge in [-0.05, 0) is 55.7 Å². The van der Waals surface area contributed by atoms with Crippen LogP contribution in [0.1, 0.15) is 40.7 Å². The minimum Gasteiger partial charge on any atom is -0.349 e. The van der Waals surface area contributed by atoms with E-state index in [2.05, 4.69) is 15.0 Å². The normalized spacial score (nSPS) is 14.1. The fourth-order valence-corrected chi connectivity index (χ4v) is 3.66. The lowest BCUT2D eigenvalue weighted by Gasteiger charge is -2.30. The first-order valence-electron chi connectivity index (χ1n) is 10.1. The van der Waals surface area contributed by atoms with E-state index >= 15 is 0 Å². The lowest BCUT2D eigenvalue weighted by atomic mass is 9.98. The molecule has 0 N–H and O–H groups in total. The number of hydrogen-bond acceptors (Lipinski definition) is 5. The molecule has 3 heterocycles. The molecule has 1 aliphatic heterocycles. The minimum atomic E-state index is -0.528. The second-order valence-electron chi connectivity index (χ2n) is 7.72. The van der Waals surface area contributed by atoms with Crippen molar-refractivity contribution in [1.29, 1.82) is 0 Å². The molecule has 31 heavy (non-hydrogen) atoms. The highest BCUT2D eigenvalue weighted by Gasteiger charge is 2.22. The van der Waals surface area contributed by atoms with Gasteiger partial charge in [0.2, 0.25) is 0 Å². The molecule has 0 radical (unpaired) electrons. The average molecular weight is 420 g/mol. The van der Waals surface area contributed by atoms with Crippen LogP contribution in [0, 0.1) is 18.6 Å². The first kappa shape index (κ1) is 20.8. The largest absolute Gasteiger partial charge is 0.349 e. The van der Waals surface area contributed by atoms with Gasteiger partial charge in [0.05, 0.1) is 29.6 Å². The van der Waals surface area contributed by atoms with E-state index in [4.69, 9.17) is 0 Å². The van der Waals surface area contributed by atoms with Crippen molar-refractivity contribution < 1.29 is 13.6 Å². The van der Waals surface area contributed by atoms with Crippen LogP contribution in [-0.4, -0.2) is 33.8 Å². The van der Waals surface area contributed by atoms with Crippen molar-refractivity contribution in [2.75, 3.05) is 18.0 Å². The third-order valence-electron chi connectivity index (χ3n) is 5.44. The van der Waals surface area contributed by atoms with Crippen molar-refractivity contribution in [3.63, 3.8) is 0 Å². The van der Waals surface area contributed by atoms with Crippen molar-refractivity contribution in [3.05, 3.63) is 88.6 Å². The van der Waals surface area contributed by atoms with Gasteiger partial charge in [0, 0.05) is 25.5 Å². The number of carbonyl (C=O) groups excluding carboxylic acids is 1. The SMILES string of the molecule is CC1=C(c2cnc(CC(=O)c3ccc(C)cc3F)cn2)CN(c2ncccc2F)CC1. The fraction of sp³-hybridized carbons (Fsp3) is 0.250. The van der Waals surface area contributed by atoms with Crippen LogP contribution >= 0.6 is 0 Å². The molecule has 0 spiro atoms. The Kier molecular flexibility index (Phi) is 5.84. The zero-order valence-electron chi connectivity index (χ0n) is 17.4. The molecule has 158 valence electrons. The molecule has 1 aromatic carbocycles. The standard InChI is InChI=1S/C24H22F2N4O/c1-15-5-6-18(21(26)10-15)23(31)11-17-12-29-22(13-28-17)19-14-30(9-7-16(19)2)24-20(25)4-3-8-27-24/h3-6,8,10,12-13H,7,9,11,14H2,1-2H3. The highest BCUT2D eigenvalue weighted by Crippen LogP contribution is 2.28. The average Bonchev–Trinajstić information content (AvgIpc) is 2.75. The molecular formula is C24H22F2N4O. The van der Waals surface area contributed by atoms with Gasteiger partial charge in [0.1, 0.15) is 5.82 Å². The van der Waals surface area contributed by atoms with Gasteiger partial charge in [0.15, 0.2) is 17.4 Å². The van der Waals surface area contributed by atoms with Gasteiger partial charge in [-0.25, -0.2) is 13.8 Å². The summed E-state index contributed by atoms with van der Waals surface area (Å²) in [6.45, 7) is 4.94. The number of aryl methyl sites for hydroxylation is 1. The van der Waals surface area contributed by atoms with E-state index in [1.54, 1.807) is 37.6 Å². The van der Waals surface area contributed by atoms with Crippen molar-refractivity contribution in [2.24, 2.45) is 0 Å². The lowest BCUT2D eigenvalue weighted by Crippen LogP contribution is -2.32. The summed E-state index contributed by atoms with van der Waals surface area (Å²) in [6.07, 6.45) is 5.47. The topological polar surface area (TPSA) is 59.0 Å². The summed E-state index contributed by atoms with van der Waals surface area (Å²) < 4.78 is 28.2. The Hall–Kier alpha value is -3.48. The van der Waals surface area contributed by atoms with Gasteiger partial charge in [-0.3, -0.25) is 14.8 Å². The number of benzene rings is 1. The Balaban J connectivity index is 1.50. The van der Waals surface area contributed by atoms with Gasteiger partial charge in [-0.15, -0.1) is 0 Å². The van der Waals surface area contributed by atoms with E-state index in [0.29, 0.717) is 30.3 Å². The van der Waals surface area contributed by atoms with Gasteiger partial charge < -0.3 is 4.90 Å². The monoisotopic (exact) mass is 420 g/mol. The Bertz CT molecular complexity index is 1160. The predicted molar refractivity (Wildman–Crippen MR) is 115 cm³/mol. The molecule has 1 aliphatic rings. The number of anilines is 1. The van der Waals surface area contributed by atoms with Crippen LogP contribution in [0.25, 0.3) is 5.57 Å². The molecule has 0 aliphatic carbocycles. The third-order valence-corrected chi connectivity index (χ3v) is 5.44. The molecule has 0 bridgehead atoms. The molecule has 5 nitrogen and oxygen atoms in total. The molecule has 0 fully saturated rings. The Morgan fingerprint density at radius 1 is 1.06 bits per heavy atom. The Labute approximate surface area is 179 Å².